The first-order valence-corrected chi connectivity index (χ1v) is 16.5. The summed E-state index contributed by atoms with van der Waals surface area (Å²) in [6.45, 7) is 1.94. The lowest BCUT2D eigenvalue weighted by atomic mass is 10.0. The number of carbonyl (C=O) groups excluding carboxylic acids is 2. The number of hydrogen-bond acceptors (Lipinski definition) is 4. The molecule has 0 aromatic heterocycles. The van der Waals surface area contributed by atoms with Crippen molar-refractivity contribution in [1.82, 2.24) is 10.2 Å². The predicted octanol–water partition coefficient (Wildman–Crippen LogP) is 6.46. The van der Waals surface area contributed by atoms with Crippen LogP contribution in [0.4, 0.5) is 5.69 Å². The summed E-state index contributed by atoms with van der Waals surface area (Å²) in [4.78, 5) is 29.5. The number of carbonyl (C=O) groups is 2. The third-order valence-electron chi connectivity index (χ3n) is 6.77. The zero-order chi connectivity index (χ0) is 30.8. The van der Waals surface area contributed by atoms with Crippen LogP contribution in [0, 0.1) is 0 Å². The van der Waals surface area contributed by atoms with Gasteiger partial charge in [-0.15, -0.1) is 0 Å². The lowest BCUT2D eigenvalue weighted by Gasteiger charge is -2.34. The molecule has 0 fully saturated rings. The monoisotopic (exact) mass is 681 g/mol. The Bertz CT molecular complexity index is 1640. The number of rotatable bonds is 13. The van der Waals surface area contributed by atoms with E-state index in [9.17, 15) is 18.0 Å². The van der Waals surface area contributed by atoms with E-state index in [4.69, 9.17) is 11.6 Å². The molecule has 7 nitrogen and oxygen atoms in total. The average Bonchev–Trinajstić information content (AvgIpc) is 3.01. The van der Waals surface area contributed by atoms with Gasteiger partial charge in [0.1, 0.15) is 12.6 Å². The number of sulfonamides is 1. The van der Waals surface area contributed by atoms with E-state index in [0.29, 0.717) is 11.6 Å². The highest BCUT2D eigenvalue weighted by molar-refractivity contribution is 9.10. The molecule has 0 saturated carbocycles. The van der Waals surface area contributed by atoms with E-state index in [1.807, 2.05) is 61.5 Å². The molecule has 4 aromatic rings. The molecule has 0 bridgehead atoms. The molecule has 0 aliphatic heterocycles. The summed E-state index contributed by atoms with van der Waals surface area (Å²) in [6.07, 6.45) is 0.972. The van der Waals surface area contributed by atoms with Crippen molar-refractivity contribution in [3.63, 3.8) is 0 Å². The number of nitrogens with one attached hydrogen (secondary N) is 1. The van der Waals surface area contributed by atoms with Crippen molar-refractivity contribution < 1.29 is 18.0 Å². The fraction of sp³-hybridized carbons (Fsp3) is 0.212. The molecule has 2 amide bonds. The Morgan fingerprint density at radius 1 is 0.860 bits per heavy atom. The van der Waals surface area contributed by atoms with E-state index in [1.54, 1.807) is 36.4 Å². The smallest absolute Gasteiger partial charge is 0.264 e. The quantitative estimate of drug-likeness (QED) is 0.175. The number of nitrogens with zero attached hydrogens (tertiary/aromatic N) is 2. The van der Waals surface area contributed by atoms with Crippen molar-refractivity contribution in [3.8, 4) is 0 Å². The van der Waals surface area contributed by atoms with Gasteiger partial charge in [-0.1, -0.05) is 101 Å². The molecule has 1 N–H and O–H groups in total. The number of amides is 2. The molecule has 10 heteroatoms. The number of halogens is 2. The first kappa shape index (κ1) is 32.3. The summed E-state index contributed by atoms with van der Waals surface area (Å²) >= 11 is 9.75. The van der Waals surface area contributed by atoms with Crippen molar-refractivity contribution in [2.75, 3.05) is 17.4 Å². The third kappa shape index (κ3) is 8.69. The van der Waals surface area contributed by atoms with E-state index < -0.39 is 28.5 Å². The van der Waals surface area contributed by atoms with E-state index in [0.717, 1.165) is 26.3 Å². The van der Waals surface area contributed by atoms with Gasteiger partial charge in [-0.2, -0.15) is 0 Å². The van der Waals surface area contributed by atoms with Gasteiger partial charge in [0.15, 0.2) is 0 Å². The third-order valence-corrected chi connectivity index (χ3v) is 9.28. The number of anilines is 1. The Hall–Kier alpha value is -3.66. The van der Waals surface area contributed by atoms with Gasteiger partial charge in [-0.05, 0) is 60.0 Å². The standard InChI is InChI=1S/C33H33BrClN3O4S/c1-2-19-36-33(40)31(21-25-11-5-3-6-12-25)37(23-26-13-9-14-27(34)20-26)32(39)24-38(29-16-10-15-28(35)22-29)43(41,42)30-17-7-4-8-18-30/h3-18,20,22,31H,2,19,21,23-24H2,1H3,(H,36,40)/t31-/m0/s1. The fourth-order valence-corrected chi connectivity index (χ4v) is 6.69. The number of hydrogen-bond donors (Lipinski definition) is 1. The Balaban J connectivity index is 1.79. The lowest BCUT2D eigenvalue weighted by molar-refractivity contribution is -0.140. The molecule has 0 spiro atoms. The van der Waals surface area contributed by atoms with Gasteiger partial charge >= 0.3 is 0 Å². The van der Waals surface area contributed by atoms with Gasteiger partial charge in [0.2, 0.25) is 11.8 Å². The molecular weight excluding hydrogens is 650 g/mol. The zero-order valence-corrected chi connectivity index (χ0v) is 26.9. The summed E-state index contributed by atoms with van der Waals surface area (Å²) in [5, 5.41) is 3.27. The summed E-state index contributed by atoms with van der Waals surface area (Å²) in [5.41, 5.74) is 1.89. The second-order valence-electron chi connectivity index (χ2n) is 9.95. The Kier molecular flexibility index (Phi) is 11.4. The molecule has 0 radical (unpaired) electrons. The second kappa shape index (κ2) is 15.2. The second-order valence-corrected chi connectivity index (χ2v) is 13.2. The Morgan fingerprint density at radius 3 is 2.16 bits per heavy atom. The summed E-state index contributed by atoms with van der Waals surface area (Å²) in [5.74, 6) is -0.846. The first-order chi connectivity index (χ1) is 20.7. The van der Waals surface area contributed by atoms with E-state index >= 15 is 0 Å². The molecule has 0 aliphatic carbocycles. The predicted molar refractivity (Wildman–Crippen MR) is 174 cm³/mol. The number of benzene rings is 4. The van der Waals surface area contributed by atoms with Crippen LogP contribution in [0.25, 0.3) is 0 Å². The summed E-state index contributed by atoms with van der Waals surface area (Å²) in [7, 11) is -4.18. The van der Waals surface area contributed by atoms with Gasteiger partial charge in [0.25, 0.3) is 10.0 Å². The molecule has 43 heavy (non-hydrogen) atoms. The van der Waals surface area contributed by atoms with Crippen LogP contribution in [-0.4, -0.2) is 44.3 Å². The van der Waals surface area contributed by atoms with Crippen LogP contribution in [0.15, 0.2) is 119 Å². The highest BCUT2D eigenvalue weighted by Gasteiger charge is 2.34. The van der Waals surface area contributed by atoms with Gasteiger partial charge in [-0.3, -0.25) is 13.9 Å². The molecule has 0 heterocycles. The topological polar surface area (TPSA) is 86.8 Å². The minimum Gasteiger partial charge on any atom is -0.354 e. The summed E-state index contributed by atoms with van der Waals surface area (Å²) in [6, 6.07) is 30.3. The molecule has 4 rings (SSSR count). The minimum atomic E-state index is -4.18. The van der Waals surface area contributed by atoms with Gasteiger partial charge in [0, 0.05) is 29.0 Å². The van der Waals surface area contributed by atoms with Crippen LogP contribution in [0.1, 0.15) is 24.5 Å². The van der Waals surface area contributed by atoms with Crippen molar-refractivity contribution in [2.45, 2.75) is 37.2 Å². The van der Waals surface area contributed by atoms with Gasteiger partial charge in [0.05, 0.1) is 10.6 Å². The van der Waals surface area contributed by atoms with Crippen LogP contribution in [0.5, 0.6) is 0 Å². The van der Waals surface area contributed by atoms with Crippen LogP contribution >= 0.6 is 27.5 Å². The zero-order valence-electron chi connectivity index (χ0n) is 23.7. The van der Waals surface area contributed by atoms with Crippen LogP contribution in [0.2, 0.25) is 5.02 Å². The fourth-order valence-electron chi connectivity index (χ4n) is 4.63. The van der Waals surface area contributed by atoms with Crippen molar-refractivity contribution >= 4 is 55.1 Å². The molecule has 0 aliphatic rings. The molecule has 4 aromatic carbocycles. The van der Waals surface area contributed by atoms with Crippen molar-refractivity contribution in [1.29, 1.82) is 0 Å². The van der Waals surface area contributed by atoms with Crippen LogP contribution in [0.3, 0.4) is 0 Å². The first-order valence-electron chi connectivity index (χ1n) is 13.9. The maximum Gasteiger partial charge on any atom is 0.264 e. The SMILES string of the molecule is CCCNC(=O)[C@H](Cc1ccccc1)N(Cc1cccc(Br)c1)C(=O)CN(c1cccc(Cl)c1)S(=O)(=O)c1ccccc1. The molecule has 1 atom stereocenters. The molecule has 0 saturated heterocycles. The minimum absolute atomic E-state index is 0.0304. The van der Waals surface area contributed by atoms with Gasteiger partial charge < -0.3 is 10.2 Å². The van der Waals surface area contributed by atoms with Crippen LogP contribution in [-0.2, 0) is 32.6 Å². The average molecular weight is 683 g/mol. The maximum absolute atomic E-state index is 14.4. The lowest BCUT2D eigenvalue weighted by Crippen LogP contribution is -2.53. The highest BCUT2D eigenvalue weighted by Crippen LogP contribution is 2.27. The Labute approximate surface area is 266 Å². The summed E-state index contributed by atoms with van der Waals surface area (Å²) < 4.78 is 29.8. The largest absolute Gasteiger partial charge is 0.354 e. The van der Waals surface area contributed by atoms with Crippen LogP contribution < -0.4 is 9.62 Å². The molecule has 0 unspecified atom stereocenters. The Morgan fingerprint density at radius 2 is 1.51 bits per heavy atom. The van der Waals surface area contributed by atoms with E-state index in [2.05, 4.69) is 21.2 Å². The van der Waals surface area contributed by atoms with Crippen molar-refractivity contribution in [3.05, 3.63) is 130 Å². The van der Waals surface area contributed by atoms with Crippen molar-refractivity contribution in [2.24, 2.45) is 0 Å². The normalized spacial score (nSPS) is 11.9. The molecular formula is C33H33BrClN3O4S. The van der Waals surface area contributed by atoms with Gasteiger partial charge in [-0.25, -0.2) is 8.42 Å². The molecule has 224 valence electrons. The van der Waals surface area contributed by atoms with E-state index in [-0.39, 0.29) is 29.5 Å². The maximum atomic E-state index is 14.4. The van der Waals surface area contributed by atoms with E-state index in [1.165, 1.54) is 23.1 Å². The highest BCUT2D eigenvalue weighted by atomic mass is 79.9.